The van der Waals surface area contributed by atoms with Gasteiger partial charge in [0.25, 0.3) is 0 Å². The van der Waals surface area contributed by atoms with Crippen LogP contribution in [0.5, 0.6) is 0 Å². The summed E-state index contributed by atoms with van der Waals surface area (Å²) < 4.78 is 5.74. The maximum absolute atomic E-state index is 12.1. The Morgan fingerprint density at radius 3 is 2.64 bits per heavy atom. The fourth-order valence-corrected chi connectivity index (χ4v) is 3.84. The van der Waals surface area contributed by atoms with Crippen LogP contribution in [-0.2, 0) is 11.2 Å². The van der Waals surface area contributed by atoms with Crippen LogP contribution in [0.3, 0.4) is 0 Å². The quantitative estimate of drug-likeness (QED) is 0.487. The molecule has 1 atom stereocenters. The number of furan rings is 1. The summed E-state index contributed by atoms with van der Waals surface area (Å²) in [6, 6.07) is 21.0. The molecule has 1 aliphatic heterocycles. The van der Waals surface area contributed by atoms with Crippen molar-refractivity contribution in [2.24, 2.45) is 10.2 Å². The predicted octanol–water partition coefficient (Wildman–Crippen LogP) is 4.76. The second kappa shape index (κ2) is 8.46. The van der Waals surface area contributed by atoms with E-state index in [9.17, 15) is 4.79 Å². The third kappa shape index (κ3) is 4.52. The number of hydrogen-bond donors (Lipinski definition) is 1. The molecule has 1 amide bonds. The molecule has 0 saturated carbocycles. The number of thioether (sulfide) groups is 1. The molecule has 0 spiro atoms. The second-order valence-corrected chi connectivity index (χ2v) is 7.77. The third-order valence-corrected chi connectivity index (χ3v) is 5.45. The minimum absolute atomic E-state index is 0.0502. The monoisotopic (exact) mass is 409 g/mol. The second-order valence-electron chi connectivity index (χ2n) is 6.14. The predicted molar refractivity (Wildman–Crippen MR) is 114 cm³/mol. The number of nitrogens with one attached hydrogen (secondary N) is 1. The van der Waals surface area contributed by atoms with E-state index in [2.05, 4.69) is 15.5 Å². The standard InChI is InChI=1S/C21H16ClN3O2S/c22-16-8-6-15(7-9-16)18-11-10-17(27-18)13-23-25-21-24-20(26)19(28-21)12-14-4-2-1-3-5-14/h1-11,13,19H,12H2,(H,24,25,26)/b23-13-/t19-/m1/s1. The number of carbonyl (C=O) groups excluding carboxylic acids is 1. The molecule has 7 heteroatoms. The number of amidine groups is 1. The van der Waals surface area contributed by atoms with Gasteiger partial charge in [-0.3, -0.25) is 4.79 Å². The van der Waals surface area contributed by atoms with Gasteiger partial charge in [0, 0.05) is 10.6 Å². The topological polar surface area (TPSA) is 67.0 Å². The van der Waals surface area contributed by atoms with Crippen LogP contribution in [0.4, 0.5) is 0 Å². The van der Waals surface area contributed by atoms with Gasteiger partial charge >= 0.3 is 0 Å². The molecule has 0 radical (unpaired) electrons. The molecular weight excluding hydrogens is 394 g/mol. The summed E-state index contributed by atoms with van der Waals surface area (Å²) in [6.45, 7) is 0. The van der Waals surface area contributed by atoms with Crippen molar-refractivity contribution in [3.05, 3.63) is 83.1 Å². The fourth-order valence-electron chi connectivity index (χ4n) is 2.74. The smallest absolute Gasteiger partial charge is 0.239 e. The number of halogens is 1. The summed E-state index contributed by atoms with van der Waals surface area (Å²) in [5.74, 6) is 1.24. The molecule has 1 aliphatic rings. The summed E-state index contributed by atoms with van der Waals surface area (Å²) in [6.07, 6.45) is 2.17. The van der Waals surface area contributed by atoms with Gasteiger partial charge in [-0.1, -0.05) is 53.7 Å². The zero-order valence-electron chi connectivity index (χ0n) is 14.7. The minimum Gasteiger partial charge on any atom is -0.455 e. The summed E-state index contributed by atoms with van der Waals surface area (Å²) in [7, 11) is 0. The number of amides is 1. The molecule has 2 heterocycles. The number of rotatable bonds is 5. The molecule has 0 unspecified atom stereocenters. The molecule has 4 rings (SSSR count). The molecule has 5 nitrogen and oxygen atoms in total. The molecule has 2 aromatic carbocycles. The van der Waals surface area contributed by atoms with Crippen molar-refractivity contribution in [2.45, 2.75) is 11.7 Å². The highest BCUT2D eigenvalue weighted by atomic mass is 35.5. The normalized spacial score (nSPS) is 18.1. The summed E-state index contributed by atoms with van der Waals surface area (Å²) in [5, 5.41) is 11.9. The first-order chi connectivity index (χ1) is 13.7. The number of nitrogens with zero attached hydrogens (tertiary/aromatic N) is 2. The number of carbonyl (C=O) groups is 1. The van der Waals surface area contributed by atoms with Gasteiger partial charge in [-0.15, -0.1) is 5.10 Å². The van der Waals surface area contributed by atoms with Crippen LogP contribution in [0.25, 0.3) is 11.3 Å². The van der Waals surface area contributed by atoms with Crippen LogP contribution >= 0.6 is 23.4 Å². The molecular formula is C21H16ClN3O2S. The molecule has 1 aromatic heterocycles. The van der Waals surface area contributed by atoms with Gasteiger partial charge in [-0.2, -0.15) is 5.10 Å². The van der Waals surface area contributed by atoms with Crippen LogP contribution in [0.15, 0.2) is 81.4 Å². The van der Waals surface area contributed by atoms with E-state index in [1.54, 1.807) is 0 Å². The Hall–Kier alpha value is -2.83. The van der Waals surface area contributed by atoms with Gasteiger partial charge in [0.15, 0.2) is 5.17 Å². The first kappa shape index (κ1) is 18.5. The molecule has 0 aliphatic carbocycles. The molecule has 1 N–H and O–H groups in total. The minimum atomic E-state index is -0.198. The van der Waals surface area contributed by atoms with Crippen LogP contribution in [0, 0.1) is 0 Å². The zero-order chi connectivity index (χ0) is 19.3. The molecule has 0 bridgehead atoms. The highest BCUT2D eigenvalue weighted by molar-refractivity contribution is 8.15. The van der Waals surface area contributed by atoms with Crippen molar-refractivity contribution in [3.63, 3.8) is 0 Å². The van der Waals surface area contributed by atoms with Gasteiger partial charge in [-0.05, 0) is 48.4 Å². The van der Waals surface area contributed by atoms with Crippen molar-refractivity contribution < 1.29 is 9.21 Å². The van der Waals surface area contributed by atoms with E-state index in [1.165, 1.54) is 18.0 Å². The van der Waals surface area contributed by atoms with E-state index in [4.69, 9.17) is 16.0 Å². The van der Waals surface area contributed by atoms with Crippen molar-refractivity contribution in [1.29, 1.82) is 0 Å². The Balaban J connectivity index is 1.38. The molecule has 1 fully saturated rings. The van der Waals surface area contributed by atoms with Crippen LogP contribution in [-0.4, -0.2) is 22.5 Å². The maximum atomic E-state index is 12.1. The Labute approximate surface area is 171 Å². The van der Waals surface area contributed by atoms with Gasteiger partial charge < -0.3 is 9.73 Å². The van der Waals surface area contributed by atoms with E-state index in [1.807, 2.05) is 66.7 Å². The molecule has 3 aromatic rings. The van der Waals surface area contributed by atoms with Gasteiger partial charge in [-0.25, -0.2) is 0 Å². The van der Waals surface area contributed by atoms with E-state index in [0.29, 0.717) is 22.4 Å². The fraction of sp³-hybridized carbons (Fsp3) is 0.0952. The Morgan fingerprint density at radius 2 is 1.86 bits per heavy atom. The van der Waals surface area contributed by atoms with Crippen molar-refractivity contribution in [1.82, 2.24) is 5.32 Å². The molecule has 28 heavy (non-hydrogen) atoms. The average Bonchev–Trinajstić information content (AvgIpc) is 3.30. The lowest BCUT2D eigenvalue weighted by atomic mass is 10.1. The lowest BCUT2D eigenvalue weighted by molar-refractivity contribution is -0.118. The van der Waals surface area contributed by atoms with Crippen molar-refractivity contribution >= 4 is 40.7 Å². The SMILES string of the molecule is O=C1N/C(=N\N=C/c2ccc(-c3ccc(Cl)cc3)o2)S[C@@H]1Cc1ccccc1. The van der Waals surface area contributed by atoms with Gasteiger partial charge in [0.2, 0.25) is 5.91 Å². The first-order valence-electron chi connectivity index (χ1n) is 8.65. The number of hydrogen-bond acceptors (Lipinski definition) is 5. The van der Waals surface area contributed by atoms with E-state index in [-0.39, 0.29) is 11.2 Å². The van der Waals surface area contributed by atoms with Crippen LogP contribution in [0.2, 0.25) is 5.02 Å². The summed E-state index contributed by atoms with van der Waals surface area (Å²) >= 11 is 7.29. The summed E-state index contributed by atoms with van der Waals surface area (Å²) in [5.41, 5.74) is 2.04. The zero-order valence-corrected chi connectivity index (χ0v) is 16.3. The Bertz CT molecular complexity index is 1030. The third-order valence-electron chi connectivity index (χ3n) is 4.13. The number of benzene rings is 2. The maximum Gasteiger partial charge on any atom is 0.239 e. The largest absolute Gasteiger partial charge is 0.455 e. The average molecular weight is 410 g/mol. The highest BCUT2D eigenvalue weighted by Gasteiger charge is 2.30. The van der Waals surface area contributed by atoms with Crippen LogP contribution in [0.1, 0.15) is 11.3 Å². The highest BCUT2D eigenvalue weighted by Crippen LogP contribution is 2.24. The summed E-state index contributed by atoms with van der Waals surface area (Å²) in [4.78, 5) is 12.1. The van der Waals surface area contributed by atoms with E-state index >= 15 is 0 Å². The van der Waals surface area contributed by atoms with Crippen molar-refractivity contribution in [3.8, 4) is 11.3 Å². The van der Waals surface area contributed by atoms with E-state index < -0.39 is 0 Å². The lowest BCUT2D eigenvalue weighted by Gasteiger charge is -2.04. The Morgan fingerprint density at radius 1 is 1.07 bits per heavy atom. The van der Waals surface area contributed by atoms with Gasteiger partial charge in [0.1, 0.15) is 11.5 Å². The Kier molecular flexibility index (Phi) is 5.60. The molecule has 1 saturated heterocycles. The van der Waals surface area contributed by atoms with Gasteiger partial charge in [0.05, 0.1) is 11.5 Å². The first-order valence-corrected chi connectivity index (χ1v) is 9.91. The molecule has 140 valence electrons. The van der Waals surface area contributed by atoms with Crippen molar-refractivity contribution in [2.75, 3.05) is 0 Å². The lowest BCUT2D eigenvalue weighted by Crippen LogP contribution is -2.25. The van der Waals surface area contributed by atoms with E-state index in [0.717, 1.165) is 16.9 Å². The van der Waals surface area contributed by atoms with Crippen LogP contribution < -0.4 is 5.32 Å².